The molecule has 0 fully saturated rings. The van der Waals surface area contributed by atoms with Crippen LogP contribution >= 0.6 is 23.2 Å². The summed E-state index contributed by atoms with van der Waals surface area (Å²) in [6.45, 7) is 4.37. The molecule has 0 spiro atoms. The number of carbonyl (C=O) groups is 2. The number of aromatic nitrogens is 2. The lowest BCUT2D eigenvalue weighted by molar-refractivity contribution is -0.116. The monoisotopic (exact) mass is 485 g/mol. The van der Waals surface area contributed by atoms with Crippen molar-refractivity contribution in [3.8, 4) is 5.69 Å². The molecule has 172 valence electrons. The van der Waals surface area contributed by atoms with E-state index >= 15 is 0 Å². The second kappa shape index (κ2) is 9.85. The van der Waals surface area contributed by atoms with Crippen molar-refractivity contribution in [2.75, 3.05) is 22.1 Å². The Balaban J connectivity index is 1.62. The van der Waals surface area contributed by atoms with E-state index in [-0.39, 0.29) is 10.9 Å². The van der Waals surface area contributed by atoms with E-state index in [1.807, 2.05) is 24.3 Å². The number of carbonyl (C=O) groups excluding carboxylic acids is 2. The zero-order valence-corrected chi connectivity index (χ0v) is 20.0. The Kier molecular flexibility index (Phi) is 6.91. The third-order valence-corrected chi connectivity index (χ3v) is 6.39. The van der Waals surface area contributed by atoms with Crippen LogP contribution < -0.4 is 15.5 Å². The van der Waals surface area contributed by atoms with E-state index in [1.54, 1.807) is 34.7 Å². The Labute approximate surface area is 202 Å². The first-order valence-electron chi connectivity index (χ1n) is 10.9. The average molecular weight is 486 g/mol. The minimum absolute atomic E-state index is 0.0288. The lowest BCUT2D eigenvalue weighted by Gasteiger charge is -2.15. The predicted octanol–water partition coefficient (Wildman–Crippen LogP) is 6.07. The summed E-state index contributed by atoms with van der Waals surface area (Å²) >= 11 is 12.2. The predicted molar refractivity (Wildman–Crippen MR) is 133 cm³/mol. The zero-order chi connectivity index (χ0) is 23.5. The van der Waals surface area contributed by atoms with Crippen LogP contribution in [-0.2, 0) is 17.6 Å². The number of unbranched alkanes of at least 4 members (excludes halogenated alkanes) is 1. The maximum atomic E-state index is 12.7. The number of fused-ring (bicyclic) bond motifs is 1. The molecule has 1 aliphatic heterocycles. The maximum absolute atomic E-state index is 12.7. The van der Waals surface area contributed by atoms with Crippen LogP contribution in [0.5, 0.6) is 0 Å². The number of hydrogen-bond donors (Lipinski definition) is 2. The van der Waals surface area contributed by atoms with Gasteiger partial charge in [0.25, 0.3) is 0 Å². The molecule has 4 rings (SSSR count). The van der Waals surface area contributed by atoms with Gasteiger partial charge in [-0.05, 0) is 55.2 Å². The van der Waals surface area contributed by atoms with Gasteiger partial charge >= 0.3 is 6.03 Å². The molecule has 2 heterocycles. The van der Waals surface area contributed by atoms with Crippen LogP contribution in [0.4, 0.5) is 22.0 Å². The molecule has 0 radical (unpaired) electrons. The zero-order valence-electron chi connectivity index (χ0n) is 18.5. The van der Waals surface area contributed by atoms with Crippen LogP contribution in [-0.4, -0.2) is 28.3 Å². The first-order chi connectivity index (χ1) is 15.9. The van der Waals surface area contributed by atoms with Crippen molar-refractivity contribution in [2.24, 2.45) is 0 Å². The molecule has 3 aromatic rings. The topological polar surface area (TPSA) is 79.3 Å². The van der Waals surface area contributed by atoms with Crippen LogP contribution in [0.2, 0.25) is 10.0 Å². The summed E-state index contributed by atoms with van der Waals surface area (Å²) < 4.78 is 1.72. The number of amides is 3. The Morgan fingerprint density at radius 1 is 1.12 bits per heavy atom. The first kappa shape index (κ1) is 23.1. The van der Waals surface area contributed by atoms with Crippen molar-refractivity contribution in [3.05, 3.63) is 63.8 Å². The van der Waals surface area contributed by atoms with E-state index in [9.17, 15) is 9.59 Å². The molecular weight excluding hydrogens is 461 g/mol. The minimum atomic E-state index is -0.453. The molecule has 0 bridgehead atoms. The quantitative estimate of drug-likeness (QED) is 0.444. The smallest absolute Gasteiger partial charge is 0.312 e. The Bertz CT molecular complexity index is 1210. The SMILES string of the molecule is CCCCc1cc(NC(=O)Nc2cccc(Cl)c2Cl)n(-c2ccc3c(c2)CCN3C(C)=O)n1. The van der Waals surface area contributed by atoms with Crippen LogP contribution in [0.25, 0.3) is 5.69 Å². The number of nitrogens with one attached hydrogen (secondary N) is 2. The summed E-state index contributed by atoms with van der Waals surface area (Å²) in [7, 11) is 0. The minimum Gasteiger partial charge on any atom is -0.312 e. The van der Waals surface area contributed by atoms with Gasteiger partial charge in [-0.1, -0.05) is 42.6 Å². The average Bonchev–Trinajstić information content (AvgIpc) is 3.39. The van der Waals surface area contributed by atoms with Gasteiger partial charge in [0.2, 0.25) is 5.91 Å². The number of aryl methyl sites for hydroxylation is 1. The van der Waals surface area contributed by atoms with Gasteiger partial charge in [-0.15, -0.1) is 0 Å². The number of nitrogens with zero attached hydrogens (tertiary/aromatic N) is 3. The van der Waals surface area contributed by atoms with Gasteiger partial charge in [-0.3, -0.25) is 10.1 Å². The van der Waals surface area contributed by atoms with Gasteiger partial charge < -0.3 is 10.2 Å². The lowest BCUT2D eigenvalue weighted by Crippen LogP contribution is -2.25. The Morgan fingerprint density at radius 3 is 2.70 bits per heavy atom. The molecule has 7 nitrogen and oxygen atoms in total. The van der Waals surface area contributed by atoms with Gasteiger partial charge in [-0.25, -0.2) is 9.48 Å². The number of halogens is 2. The second-order valence-electron chi connectivity index (χ2n) is 7.95. The third-order valence-electron chi connectivity index (χ3n) is 5.57. The van der Waals surface area contributed by atoms with Crippen LogP contribution in [0, 0.1) is 0 Å². The molecule has 1 aliphatic rings. The van der Waals surface area contributed by atoms with Crippen molar-refractivity contribution in [1.29, 1.82) is 0 Å². The van der Waals surface area contributed by atoms with Gasteiger partial charge in [0.1, 0.15) is 5.82 Å². The molecule has 2 N–H and O–H groups in total. The summed E-state index contributed by atoms with van der Waals surface area (Å²) in [6, 6.07) is 12.3. The van der Waals surface area contributed by atoms with Crippen molar-refractivity contribution in [3.63, 3.8) is 0 Å². The van der Waals surface area contributed by atoms with Crippen molar-refractivity contribution in [1.82, 2.24) is 9.78 Å². The fourth-order valence-electron chi connectivity index (χ4n) is 3.91. The number of hydrogen-bond acceptors (Lipinski definition) is 3. The molecule has 3 amide bonds. The number of urea groups is 1. The van der Waals surface area contributed by atoms with E-state index < -0.39 is 6.03 Å². The highest BCUT2D eigenvalue weighted by Crippen LogP contribution is 2.32. The molecule has 1 aromatic heterocycles. The second-order valence-corrected chi connectivity index (χ2v) is 8.74. The lowest BCUT2D eigenvalue weighted by atomic mass is 10.1. The van der Waals surface area contributed by atoms with E-state index in [4.69, 9.17) is 28.3 Å². The fraction of sp³-hybridized carbons (Fsp3) is 0.292. The largest absolute Gasteiger partial charge is 0.324 e. The summed E-state index contributed by atoms with van der Waals surface area (Å²) in [6.07, 6.45) is 3.63. The molecule has 0 aliphatic carbocycles. The summed E-state index contributed by atoms with van der Waals surface area (Å²) in [5.41, 5.74) is 4.12. The summed E-state index contributed by atoms with van der Waals surface area (Å²) in [5.74, 6) is 0.569. The highest BCUT2D eigenvalue weighted by molar-refractivity contribution is 6.44. The Hall–Kier alpha value is -3.03. The maximum Gasteiger partial charge on any atom is 0.324 e. The molecular formula is C24H25Cl2N5O2. The number of anilines is 3. The van der Waals surface area contributed by atoms with Crippen molar-refractivity contribution >= 4 is 52.3 Å². The van der Waals surface area contributed by atoms with Crippen LogP contribution in [0.3, 0.4) is 0 Å². The molecule has 0 unspecified atom stereocenters. The standard InChI is InChI=1S/C24H25Cl2N5O2/c1-3-4-6-17-14-22(28-24(33)27-20-8-5-7-19(25)23(20)26)31(29-17)18-9-10-21-16(13-18)11-12-30(21)15(2)32/h5,7-10,13-14H,3-4,6,11-12H2,1-2H3,(H2,27,28,33). The van der Waals surface area contributed by atoms with E-state index in [1.165, 1.54) is 0 Å². The number of rotatable bonds is 6. The van der Waals surface area contributed by atoms with Crippen molar-refractivity contribution in [2.45, 2.75) is 39.5 Å². The Morgan fingerprint density at radius 2 is 1.94 bits per heavy atom. The van der Waals surface area contributed by atoms with Gasteiger partial charge in [0.05, 0.1) is 27.1 Å². The van der Waals surface area contributed by atoms with E-state index in [0.29, 0.717) is 23.1 Å². The number of benzene rings is 2. The van der Waals surface area contributed by atoms with Gasteiger partial charge in [0.15, 0.2) is 0 Å². The molecule has 0 atom stereocenters. The van der Waals surface area contributed by atoms with Gasteiger partial charge in [-0.2, -0.15) is 5.10 Å². The first-order valence-corrected chi connectivity index (χ1v) is 11.7. The molecule has 9 heteroatoms. The van der Waals surface area contributed by atoms with E-state index in [2.05, 4.69) is 17.6 Å². The molecule has 2 aromatic carbocycles. The van der Waals surface area contributed by atoms with Crippen LogP contribution in [0.15, 0.2) is 42.5 Å². The fourth-order valence-corrected chi connectivity index (χ4v) is 4.26. The van der Waals surface area contributed by atoms with Crippen LogP contribution in [0.1, 0.15) is 37.9 Å². The summed E-state index contributed by atoms with van der Waals surface area (Å²) in [5, 5.41) is 11.0. The molecule has 33 heavy (non-hydrogen) atoms. The molecule has 0 saturated carbocycles. The third kappa shape index (κ3) is 4.99. The van der Waals surface area contributed by atoms with Crippen molar-refractivity contribution < 1.29 is 9.59 Å². The van der Waals surface area contributed by atoms with Gasteiger partial charge in [0, 0.05) is 25.2 Å². The van der Waals surface area contributed by atoms with E-state index in [0.717, 1.165) is 48.3 Å². The highest BCUT2D eigenvalue weighted by Gasteiger charge is 2.23. The highest BCUT2D eigenvalue weighted by atomic mass is 35.5. The normalized spacial score (nSPS) is 12.5. The summed E-state index contributed by atoms with van der Waals surface area (Å²) in [4.78, 5) is 26.4. The molecule has 0 saturated heterocycles.